The van der Waals surface area contributed by atoms with E-state index in [0.717, 1.165) is 18.5 Å². The third-order valence-electron chi connectivity index (χ3n) is 2.92. The number of aryl methyl sites for hydroxylation is 1. The summed E-state index contributed by atoms with van der Waals surface area (Å²) in [5.74, 6) is 0.973. The summed E-state index contributed by atoms with van der Waals surface area (Å²) in [5, 5.41) is 3.63. The van der Waals surface area contributed by atoms with Crippen molar-refractivity contribution in [1.82, 2.24) is 5.32 Å². The van der Waals surface area contributed by atoms with Crippen molar-refractivity contribution >= 4 is 11.3 Å². The Labute approximate surface area is 90.5 Å². The standard InChI is InChI=1S/C12H19NS/c1-3-4-10-7-12(10)13-8-11-6-5-9(2)14-11/h5-6,10,12-13H,3-4,7-8H2,1-2H3. The van der Waals surface area contributed by atoms with E-state index in [1.165, 1.54) is 29.0 Å². The summed E-state index contributed by atoms with van der Waals surface area (Å²) in [6.07, 6.45) is 4.14. The van der Waals surface area contributed by atoms with Gasteiger partial charge in [0.1, 0.15) is 0 Å². The Hall–Kier alpha value is -0.340. The average Bonchev–Trinajstić information content (AvgIpc) is 2.77. The van der Waals surface area contributed by atoms with Crippen LogP contribution in [0.4, 0.5) is 0 Å². The maximum Gasteiger partial charge on any atom is 0.0302 e. The van der Waals surface area contributed by atoms with E-state index in [1.807, 2.05) is 11.3 Å². The predicted octanol–water partition coefficient (Wildman–Crippen LogP) is 3.33. The highest BCUT2D eigenvalue weighted by atomic mass is 32.1. The zero-order valence-corrected chi connectivity index (χ0v) is 9.86. The lowest BCUT2D eigenvalue weighted by atomic mass is 10.2. The molecule has 0 aromatic carbocycles. The summed E-state index contributed by atoms with van der Waals surface area (Å²) in [7, 11) is 0. The van der Waals surface area contributed by atoms with Crippen LogP contribution in [0.15, 0.2) is 12.1 Å². The SMILES string of the molecule is CCCC1CC1NCc1ccc(C)s1. The molecule has 0 amide bonds. The molecular weight excluding hydrogens is 190 g/mol. The molecule has 1 heterocycles. The minimum atomic E-state index is 0.817. The Bertz CT molecular complexity index is 292. The summed E-state index contributed by atoms with van der Waals surface area (Å²) in [5.41, 5.74) is 0. The van der Waals surface area contributed by atoms with Crippen molar-refractivity contribution in [3.63, 3.8) is 0 Å². The van der Waals surface area contributed by atoms with Crippen LogP contribution in [0.5, 0.6) is 0 Å². The lowest BCUT2D eigenvalue weighted by Gasteiger charge is -2.00. The van der Waals surface area contributed by atoms with Gasteiger partial charge in [0.2, 0.25) is 0 Å². The van der Waals surface area contributed by atoms with Gasteiger partial charge < -0.3 is 5.32 Å². The zero-order chi connectivity index (χ0) is 9.97. The van der Waals surface area contributed by atoms with Crippen LogP contribution < -0.4 is 5.32 Å². The maximum atomic E-state index is 3.63. The van der Waals surface area contributed by atoms with Gasteiger partial charge in [-0.05, 0) is 37.8 Å². The van der Waals surface area contributed by atoms with Gasteiger partial charge >= 0.3 is 0 Å². The van der Waals surface area contributed by atoms with Crippen LogP contribution in [0.3, 0.4) is 0 Å². The number of rotatable bonds is 5. The lowest BCUT2D eigenvalue weighted by molar-refractivity contribution is 0.602. The quantitative estimate of drug-likeness (QED) is 0.784. The third kappa shape index (κ3) is 2.58. The molecule has 1 saturated carbocycles. The fourth-order valence-corrected chi connectivity index (χ4v) is 2.84. The summed E-state index contributed by atoms with van der Waals surface area (Å²) >= 11 is 1.91. The third-order valence-corrected chi connectivity index (χ3v) is 3.92. The Morgan fingerprint density at radius 3 is 3.00 bits per heavy atom. The molecule has 0 aliphatic heterocycles. The minimum absolute atomic E-state index is 0.817. The van der Waals surface area contributed by atoms with Gasteiger partial charge in [-0.15, -0.1) is 11.3 Å². The van der Waals surface area contributed by atoms with Crippen LogP contribution in [0.2, 0.25) is 0 Å². The average molecular weight is 209 g/mol. The smallest absolute Gasteiger partial charge is 0.0302 e. The molecule has 1 aliphatic rings. The van der Waals surface area contributed by atoms with Crippen molar-refractivity contribution in [3.05, 3.63) is 21.9 Å². The molecule has 2 rings (SSSR count). The van der Waals surface area contributed by atoms with Gasteiger partial charge in [-0.3, -0.25) is 0 Å². The second-order valence-electron chi connectivity index (χ2n) is 4.28. The van der Waals surface area contributed by atoms with E-state index in [-0.39, 0.29) is 0 Å². The van der Waals surface area contributed by atoms with Crippen molar-refractivity contribution in [2.45, 2.75) is 45.7 Å². The highest BCUT2D eigenvalue weighted by Gasteiger charge is 2.35. The summed E-state index contributed by atoms with van der Waals surface area (Å²) in [6.45, 7) is 5.52. The molecule has 1 N–H and O–H groups in total. The van der Waals surface area contributed by atoms with Crippen molar-refractivity contribution in [2.75, 3.05) is 0 Å². The van der Waals surface area contributed by atoms with E-state index in [0.29, 0.717) is 0 Å². The van der Waals surface area contributed by atoms with Gasteiger partial charge in [0.15, 0.2) is 0 Å². The van der Waals surface area contributed by atoms with E-state index in [4.69, 9.17) is 0 Å². The Kier molecular flexibility index (Phi) is 3.24. The molecular formula is C12H19NS. The first-order valence-corrected chi connectivity index (χ1v) is 6.40. The Balaban J connectivity index is 1.69. The molecule has 2 atom stereocenters. The van der Waals surface area contributed by atoms with Gasteiger partial charge in [-0.1, -0.05) is 13.3 Å². The first-order chi connectivity index (χ1) is 6.79. The first kappa shape index (κ1) is 10.2. The Morgan fingerprint density at radius 1 is 1.50 bits per heavy atom. The molecule has 1 nitrogen and oxygen atoms in total. The molecule has 78 valence electrons. The molecule has 14 heavy (non-hydrogen) atoms. The number of hydrogen-bond acceptors (Lipinski definition) is 2. The van der Waals surface area contributed by atoms with E-state index >= 15 is 0 Å². The predicted molar refractivity (Wildman–Crippen MR) is 62.7 cm³/mol. The van der Waals surface area contributed by atoms with Crippen LogP contribution in [0.25, 0.3) is 0 Å². The van der Waals surface area contributed by atoms with Crippen LogP contribution in [-0.4, -0.2) is 6.04 Å². The molecule has 0 radical (unpaired) electrons. The number of hydrogen-bond donors (Lipinski definition) is 1. The number of nitrogens with one attached hydrogen (secondary N) is 1. The normalized spacial score (nSPS) is 25.3. The summed E-state index contributed by atoms with van der Waals surface area (Å²) in [6, 6.07) is 5.26. The fourth-order valence-electron chi connectivity index (χ4n) is 2.00. The topological polar surface area (TPSA) is 12.0 Å². The second kappa shape index (κ2) is 4.45. The molecule has 2 heteroatoms. The van der Waals surface area contributed by atoms with E-state index < -0.39 is 0 Å². The van der Waals surface area contributed by atoms with Crippen molar-refractivity contribution < 1.29 is 0 Å². The molecule has 1 fully saturated rings. The van der Waals surface area contributed by atoms with Crippen LogP contribution in [-0.2, 0) is 6.54 Å². The molecule has 0 spiro atoms. The molecule has 1 aromatic rings. The molecule has 1 aromatic heterocycles. The van der Waals surface area contributed by atoms with Gasteiger partial charge in [0, 0.05) is 22.3 Å². The van der Waals surface area contributed by atoms with Gasteiger partial charge in [0.05, 0.1) is 0 Å². The molecule has 0 bridgehead atoms. The van der Waals surface area contributed by atoms with Crippen LogP contribution in [0.1, 0.15) is 35.9 Å². The highest BCUT2D eigenvalue weighted by molar-refractivity contribution is 7.11. The van der Waals surface area contributed by atoms with Crippen LogP contribution in [0, 0.1) is 12.8 Å². The summed E-state index contributed by atoms with van der Waals surface area (Å²) in [4.78, 5) is 2.90. The van der Waals surface area contributed by atoms with Crippen molar-refractivity contribution in [2.24, 2.45) is 5.92 Å². The second-order valence-corrected chi connectivity index (χ2v) is 5.66. The van der Waals surface area contributed by atoms with E-state index in [1.54, 1.807) is 0 Å². The van der Waals surface area contributed by atoms with Gasteiger partial charge in [-0.2, -0.15) is 0 Å². The fraction of sp³-hybridized carbons (Fsp3) is 0.667. The lowest BCUT2D eigenvalue weighted by Crippen LogP contribution is -2.16. The van der Waals surface area contributed by atoms with Crippen LogP contribution >= 0.6 is 11.3 Å². The van der Waals surface area contributed by atoms with Crippen molar-refractivity contribution in [1.29, 1.82) is 0 Å². The Morgan fingerprint density at radius 2 is 2.36 bits per heavy atom. The summed E-state index contributed by atoms with van der Waals surface area (Å²) < 4.78 is 0. The molecule has 1 aliphatic carbocycles. The zero-order valence-electron chi connectivity index (χ0n) is 9.05. The largest absolute Gasteiger partial charge is 0.309 e. The molecule has 0 saturated heterocycles. The minimum Gasteiger partial charge on any atom is -0.309 e. The monoisotopic (exact) mass is 209 g/mol. The van der Waals surface area contributed by atoms with E-state index in [9.17, 15) is 0 Å². The molecule has 2 unspecified atom stereocenters. The van der Waals surface area contributed by atoms with E-state index in [2.05, 4.69) is 31.3 Å². The van der Waals surface area contributed by atoms with Crippen molar-refractivity contribution in [3.8, 4) is 0 Å². The van der Waals surface area contributed by atoms with Gasteiger partial charge in [-0.25, -0.2) is 0 Å². The first-order valence-electron chi connectivity index (χ1n) is 5.58. The highest BCUT2D eigenvalue weighted by Crippen LogP contribution is 2.34. The van der Waals surface area contributed by atoms with Gasteiger partial charge in [0.25, 0.3) is 0 Å². The number of thiophene rings is 1. The maximum absolute atomic E-state index is 3.63.